The summed E-state index contributed by atoms with van der Waals surface area (Å²) in [6.07, 6.45) is 0. The lowest BCUT2D eigenvalue weighted by molar-refractivity contribution is 0.213. The van der Waals surface area contributed by atoms with Crippen LogP contribution in [0.1, 0.15) is 13.8 Å². The second-order valence-electron chi connectivity index (χ2n) is 4.40. The van der Waals surface area contributed by atoms with E-state index >= 15 is 0 Å². The number of urea groups is 2. The van der Waals surface area contributed by atoms with E-state index in [9.17, 15) is 18.0 Å². The Morgan fingerprint density at radius 2 is 1.70 bits per heavy atom. The number of nitrogens with zero attached hydrogens (tertiary/aromatic N) is 2. The molecule has 0 radical (unpaired) electrons. The van der Waals surface area contributed by atoms with E-state index < -0.39 is 28.3 Å². The van der Waals surface area contributed by atoms with Crippen molar-refractivity contribution < 1.29 is 18.0 Å². The van der Waals surface area contributed by atoms with Crippen molar-refractivity contribution in [3.05, 3.63) is 29.3 Å². The van der Waals surface area contributed by atoms with Gasteiger partial charge < -0.3 is 0 Å². The van der Waals surface area contributed by atoms with Crippen LogP contribution in [0.2, 0.25) is 5.02 Å². The van der Waals surface area contributed by atoms with Crippen LogP contribution in [0.25, 0.3) is 0 Å². The third-order valence-electron chi connectivity index (χ3n) is 2.61. The maximum atomic E-state index is 12.3. The number of anilines is 1. The lowest BCUT2D eigenvalue weighted by atomic mass is 10.3. The Bertz CT molecular complexity index is 657. The molecule has 20 heavy (non-hydrogen) atoms. The van der Waals surface area contributed by atoms with Gasteiger partial charge in [-0.05, 0) is 38.1 Å². The first-order valence-electron chi connectivity index (χ1n) is 5.70. The zero-order valence-corrected chi connectivity index (χ0v) is 12.3. The minimum atomic E-state index is -4.15. The Labute approximate surface area is 121 Å². The highest BCUT2D eigenvalue weighted by Gasteiger charge is 2.43. The fourth-order valence-corrected chi connectivity index (χ4v) is 3.19. The molecule has 0 spiro atoms. The van der Waals surface area contributed by atoms with Crippen LogP contribution in [0.4, 0.5) is 15.3 Å². The summed E-state index contributed by atoms with van der Waals surface area (Å²) in [4.78, 5) is 24.8. The molecule has 2 rings (SSSR count). The number of rotatable bonds is 2. The van der Waals surface area contributed by atoms with Gasteiger partial charge in [0.15, 0.2) is 0 Å². The van der Waals surface area contributed by atoms with E-state index in [1.807, 2.05) is 4.72 Å². The number of nitrogens with one attached hydrogen (secondary N) is 1. The van der Waals surface area contributed by atoms with Gasteiger partial charge in [0.25, 0.3) is 0 Å². The summed E-state index contributed by atoms with van der Waals surface area (Å²) in [6, 6.07) is 3.34. The summed E-state index contributed by atoms with van der Waals surface area (Å²) in [5.74, 6) is 0. The molecule has 1 aromatic rings. The van der Waals surface area contributed by atoms with E-state index in [0.29, 0.717) is 9.33 Å². The van der Waals surface area contributed by atoms with Gasteiger partial charge in [-0.15, -0.1) is 0 Å². The highest BCUT2D eigenvalue weighted by Crippen LogP contribution is 2.24. The van der Waals surface area contributed by atoms with Gasteiger partial charge >= 0.3 is 22.3 Å². The van der Waals surface area contributed by atoms with E-state index in [0.717, 1.165) is 4.90 Å². The fourth-order valence-electron chi connectivity index (χ4n) is 1.81. The number of amides is 4. The molecule has 1 N–H and O–H groups in total. The van der Waals surface area contributed by atoms with Gasteiger partial charge in [0.1, 0.15) is 0 Å². The number of benzene rings is 1. The topological polar surface area (TPSA) is 86.8 Å². The molecular formula is C11H12ClN3O4S. The third kappa shape index (κ3) is 2.44. The second kappa shape index (κ2) is 4.95. The van der Waals surface area contributed by atoms with E-state index in [4.69, 9.17) is 11.6 Å². The van der Waals surface area contributed by atoms with Crippen molar-refractivity contribution in [3.63, 3.8) is 0 Å². The zero-order valence-electron chi connectivity index (χ0n) is 10.7. The summed E-state index contributed by atoms with van der Waals surface area (Å²) in [5.41, 5.74) is 0.234. The standard InChI is InChI=1S/C11H12ClN3O4S/c1-7(2)15-11(17)14(10(16)13-20(15,18)19)9-5-3-8(12)4-6-9/h3-7H,1-2H3,(H,13,16). The van der Waals surface area contributed by atoms with Crippen LogP contribution >= 0.6 is 11.6 Å². The van der Waals surface area contributed by atoms with Crippen molar-refractivity contribution in [2.45, 2.75) is 19.9 Å². The van der Waals surface area contributed by atoms with Crippen LogP contribution in [-0.2, 0) is 10.2 Å². The lowest BCUT2D eigenvalue weighted by Gasteiger charge is -2.35. The molecule has 0 aliphatic carbocycles. The molecule has 0 unspecified atom stereocenters. The summed E-state index contributed by atoms with van der Waals surface area (Å²) in [7, 11) is -4.15. The molecule has 9 heteroatoms. The van der Waals surface area contributed by atoms with Gasteiger partial charge in [-0.2, -0.15) is 8.42 Å². The Hall–Kier alpha value is -1.80. The molecule has 0 atom stereocenters. The van der Waals surface area contributed by atoms with Crippen LogP contribution in [0, 0.1) is 0 Å². The predicted octanol–water partition coefficient (Wildman–Crippen LogP) is 1.94. The summed E-state index contributed by atoms with van der Waals surface area (Å²) in [6.45, 7) is 3.07. The fraction of sp³-hybridized carbons (Fsp3) is 0.273. The highest BCUT2D eigenvalue weighted by atomic mass is 35.5. The molecule has 4 amide bonds. The molecule has 1 fully saturated rings. The van der Waals surface area contributed by atoms with Gasteiger partial charge in [0.2, 0.25) is 0 Å². The zero-order chi connectivity index (χ0) is 15.1. The quantitative estimate of drug-likeness (QED) is 0.903. The van der Waals surface area contributed by atoms with Gasteiger partial charge in [-0.25, -0.2) is 23.5 Å². The summed E-state index contributed by atoms with van der Waals surface area (Å²) >= 11 is 5.74. The second-order valence-corrected chi connectivity index (χ2v) is 6.38. The van der Waals surface area contributed by atoms with E-state index in [1.54, 1.807) is 0 Å². The number of imide groups is 1. The predicted molar refractivity (Wildman–Crippen MR) is 73.8 cm³/mol. The van der Waals surface area contributed by atoms with Gasteiger partial charge in [-0.1, -0.05) is 11.6 Å². The number of carbonyl (C=O) groups excluding carboxylic acids is 2. The molecule has 0 saturated carbocycles. The van der Waals surface area contributed by atoms with E-state index in [-0.39, 0.29) is 5.69 Å². The van der Waals surface area contributed by atoms with Gasteiger partial charge in [-0.3, -0.25) is 0 Å². The largest absolute Gasteiger partial charge is 0.348 e. The van der Waals surface area contributed by atoms with Crippen LogP contribution in [0.5, 0.6) is 0 Å². The molecule has 1 aromatic carbocycles. The monoisotopic (exact) mass is 317 g/mol. The van der Waals surface area contributed by atoms with Crippen molar-refractivity contribution in [3.8, 4) is 0 Å². The average molecular weight is 318 g/mol. The Kier molecular flexibility index (Phi) is 3.61. The van der Waals surface area contributed by atoms with Crippen molar-refractivity contribution >= 4 is 39.6 Å². The van der Waals surface area contributed by atoms with Crippen molar-refractivity contribution in [2.24, 2.45) is 0 Å². The molecule has 1 saturated heterocycles. The minimum absolute atomic E-state index is 0.234. The van der Waals surface area contributed by atoms with Crippen LogP contribution in [0.3, 0.4) is 0 Å². The van der Waals surface area contributed by atoms with Crippen LogP contribution < -0.4 is 9.62 Å². The maximum Gasteiger partial charge on any atom is 0.348 e. The summed E-state index contributed by atoms with van der Waals surface area (Å²) < 4.78 is 26.0. The van der Waals surface area contributed by atoms with Crippen molar-refractivity contribution in [2.75, 3.05) is 4.90 Å². The third-order valence-corrected chi connectivity index (χ3v) is 4.39. The van der Waals surface area contributed by atoms with E-state index in [1.165, 1.54) is 38.1 Å². The minimum Gasteiger partial charge on any atom is -0.247 e. The Morgan fingerprint density at radius 1 is 1.15 bits per heavy atom. The van der Waals surface area contributed by atoms with Crippen molar-refractivity contribution in [1.29, 1.82) is 0 Å². The molecule has 1 heterocycles. The molecule has 1 aliphatic heterocycles. The van der Waals surface area contributed by atoms with Crippen LogP contribution in [0.15, 0.2) is 24.3 Å². The van der Waals surface area contributed by atoms with Crippen LogP contribution in [-0.4, -0.2) is 30.8 Å². The lowest BCUT2D eigenvalue weighted by Crippen LogP contribution is -2.64. The summed E-state index contributed by atoms with van der Waals surface area (Å²) in [5, 5.41) is 0.437. The number of halogens is 1. The molecule has 0 bridgehead atoms. The normalized spacial score (nSPS) is 18.4. The Balaban J connectivity index is 2.47. The molecular weight excluding hydrogens is 306 g/mol. The smallest absolute Gasteiger partial charge is 0.247 e. The number of hydrogen-bond donors (Lipinski definition) is 1. The Morgan fingerprint density at radius 3 is 2.20 bits per heavy atom. The first kappa shape index (κ1) is 14.6. The first-order valence-corrected chi connectivity index (χ1v) is 7.51. The highest BCUT2D eigenvalue weighted by molar-refractivity contribution is 7.88. The van der Waals surface area contributed by atoms with Gasteiger partial charge in [0, 0.05) is 11.1 Å². The maximum absolute atomic E-state index is 12.3. The first-order chi connectivity index (χ1) is 9.24. The molecule has 1 aliphatic rings. The number of hydrogen-bond acceptors (Lipinski definition) is 4. The molecule has 7 nitrogen and oxygen atoms in total. The average Bonchev–Trinajstić information content (AvgIpc) is 2.29. The molecule has 108 valence electrons. The van der Waals surface area contributed by atoms with Crippen molar-refractivity contribution in [1.82, 2.24) is 9.03 Å². The van der Waals surface area contributed by atoms with E-state index in [2.05, 4.69) is 0 Å². The number of carbonyl (C=O) groups is 2. The molecule has 0 aromatic heterocycles. The van der Waals surface area contributed by atoms with Gasteiger partial charge in [0.05, 0.1) is 5.69 Å². The SMILES string of the molecule is CC(C)N1C(=O)N(c2ccc(Cl)cc2)C(=O)NS1(=O)=O.